The third-order valence-electron chi connectivity index (χ3n) is 4.42. The van der Waals surface area contributed by atoms with E-state index in [0.29, 0.717) is 4.90 Å². The first-order valence-corrected chi connectivity index (χ1v) is 9.68. The van der Waals surface area contributed by atoms with Crippen molar-refractivity contribution < 1.29 is 13.5 Å². The van der Waals surface area contributed by atoms with Crippen molar-refractivity contribution >= 4 is 22.5 Å². The minimum Gasteiger partial charge on any atom is -0.453 e. The zero-order valence-electron chi connectivity index (χ0n) is 15.4. The van der Waals surface area contributed by atoms with Gasteiger partial charge in [-0.3, -0.25) is 0 Å². The van der Waals surface area contributed by atoms with E-state index < -0.39 is 28.5 Å². The lowest BCUT2D eigenvalue weighted by Gasteiger charge is -2.15. The normalized spacial score (nSPS) is 10.4. The van der Waals surface area contributed by atoms with Crippen LogP contribution in [0.5, 0.6) is 11.5 Å². The van der Waals surface area contributed by atoms with E-state index in [4.69, 9.17) is 4.74 Å². The molecule has 0 spiro atoms. The molecule has 0 aliphatic heterocycles. The van der Waals surface area contributed by atoms with E-state index in [1.165, 1.54) is 0 Å². The number of benzene rings is 4. The summed E-state index contributed by atoms with van der Waals surface area (Å²) in [4.78, 5) is 0.440. The van der Waals surface area contributed by atoms with Crippen LogP contribution in [0.4, 0.5) is 8.78 Å². The highest BCUT2D eigenvalue weighted by molar-refractivity contribution is 7.99. The molecule has 4 aromatic carbocycles. The predicted molar refractivity (Wildman–Crippen MR) is 110 cm³/mol. The second-order valence-electron chi connectivity index (χ2n) is 6.29. The van der Waals surface area contributed by atoms with Crippen LogP contribution in [-0.4, -0.2) is 0 Å². The van der Waals surface area contributed by atoms with Crippen LogP contribution < -0.4 is 4.74 Å². The molecule has 0 N–H and O–H groups in total. The van der Waals surface area contributed by atoms with Crippen LogP contribution in [0, 0.1) is 34.3 Å². The minimum atomic E-state index is -1.07. The van der Waals surface area contributed by atoms with Gasteiger partial charge in [-0.25, -0.2) is 8.78 Å². The van der Waals surface area contributed by atoms with Gasteiger partial charge in [0.15, 0.2) is 17.4 Å². The maximum absolute atomic E-state index is 15.2. The lowest BCUT2D eigenvalue weighted by atomic mass is 10.1. The second kappa shape index (κ2) is 8.24. The van der Waals surface area contributed by atoms with Crippen molar-refractivity contribution in [2.24, 2.45) is 0 Å². The van der Waals surface area contributed by atoms with E-state index in [2.05, 4.69) is 0 Å². The Morgan fingerprint density at radius 1 is 0.733 bits per heavy atom. The van der Waals surface area contributed by atoms with Gasteiger partial charge < -0.3 is 4.74 Å². The number of nitriles is 2. The van der Waals surface area contributed by atoms with Crippen molar-refractivity contribution in [1.29, 1.82) is 10.5 Å². The summed E-state index contributed by atoms with van der Waals surface area (Å²) in [6.07, 6.45) is 0. The second-order valence-corrected chi connectivity index (χ2v) is 7.37. The summed E-state index contributed by atoms with van der Waals surface area (Å²) in [7, 11) is 0. The Kier molecular flexibility index (Phi) is 5.34. The molecule has 0 aliphatic carbocycles. The van der Waals surface area contributed by atoms with Gasteiger partial charge in [0.2, 0.25) is 0 Å². The topological polar surface area (TPSA) is 56.8 Å². The first-order chi connectivity index (χ1) is 14.6. The number of fused-ring (bicyclic) bond motifs is 1. The van der Waals surface area contributed by atoms with Crippen molar-refractivity contribution in [3.63, 3.8) is 0 Å². The maximum Gasteiger partial charge on any atom is 0.186 e. The van der Waals surface area contributed by atoms with E-state index in [-0.39, 0.29) is 10.6 Å². The van der Waals surface area contributed by atoms with E-state index in [9.17, 15) is 10.5 Å². The van der Waals surface area contributed by atoms with Gasteiger partial charge in [0.1, 0.15) is 29.0 Å². The van der Waals surface area contributed by atoms with Gasteiger partial charge in [0.05, 0.1) is 4.90 Å². The first kappa shape index (κ1) is 19.4. The smallest absolute Gasteiger partial charge is 0.186 e. The SMILES string of the molecule is N#Cc1c(F)c(Oc2ccc3ccccc3c2)c(Sc2ccccc2)c(F)c1C#N. The fourth-order valence-corrected chi connectivity index (χ4v) is 3.94. The van der Waals surface area contributed by atoms with Crippen molar-refractivity contribution in [3.8, 4) is 23.6 Å². The Bertz CT molecular complexity index is 1340. The number of nitrogens with zero attached hydrogens (tertiary/aromatic N) is 2. The van der Waals surface area contributed by atoms with Gasteiger partial charge >= 0.3 is 0 Å². The molecule has 0 unspecified atom stereocenters. The molecule has 4 rings (SSSR count). The van der Waals surface area contributed by atoms with Crippen LogP contribution >= 0.6 is 11.8 Å². The molecule has 0 saturated heterocycles. The monoisotopic (exact) mass is 414 g/mol. The fourth-order valence-electron chi connectivity index (χ4n) is 2.99. The number of hydrogen-bond donors (Lipinski definition) is 0. The molecule has 30 heavy (non-hydrogen) atoms. The highest BCUT2D eigenvalue weighted by Crippen LogP contribution is 2.43. The van der Waals surface area contributed by atoms with Crippen LogP contribution in [0.1, 0.15) is 11.1 Å². The molecule has 0 amide bonds. The summed E-state index contributed by atoms with van der Waals surface area (Å²) in [6.45, 7) is 0. The quantitative estimate of drug-likeness (QED) is 0.368. The molecule has 144 valence electrons. The van der Waals surface area contributed by atoms with E-state index in [0.717, 1.165) is 22.5 Å². The van der Waals surface area contributed by atoms with Gasteiger partial charge in [-0.2, -0.15) is 10.5 Å². The summed E-state index contributed by atoms with van der Waals surface area (Å²) in [5.74, 6) is -2.19. The van der Waals surface area contributed by atoms with Crippen molar-refractivity contribution in [3.05, 3.63) is 95.6 Å². The largest absolute Gasteiger partial charge is 0.453 e. The molecule has 6 heteroatoms. The number of ether oxygens (including phenoxy) is 1. The molecule has 0 atom stereocenters. The Morgan fingerprint density at radius 2 is 1.37 bits per heavy atom. The highest BCUT2D eigenvalue weighted by Gasteiger charge is 2.27. The molecule has 3 nitrogen and oxygen atoms in total. The summed E-state index contributed by atoms with van der Waals surface area (Å²) in [5.41, 5.74) is -1.32. The van der Waals surface area contributed by atoms with E-state index in [1.807, 2.05) is 24.3 Å². The van der Waals surface area contributed by atoms with Crippen molar-refractivity contribution in [2.75, 3.05) is 0 Å². The number of halogens is 2. The van der Waals surface area contributed by atoms with E-state index in [1.54, 1.807) is 60.7 Å². The zero-order valence-corrected chi connectivity index (χ0v) is 16.2. The van der Waals surface area contributed by atoms with Gasteiger partial charge in [0.25, 0.3) is 0 Å². The van der Waals surface area contributed by atoms with Crippen molar-refractivity contribution in [1.82, 2.24) is 0 Å². The van der Waals surface area contributed by atoms with Gasteiger partial charge in [-0.05, 0) is 35.0 Å². The predicted octanol–water partition coefficient (Wildman–Crippen LogP) is 6.80. The summed E-state index contributed by atoms with van der Waals surface area (Å²) >= 11 is 0.926. The first-order valence-electron chi connectivity index (χ1n) is 8.87. The molecule has 0 heterocycles. The molecular weight excluding hydrogens is 402 g/mol. The molecule has 0 aliphatic rings. The lowest BCUT2D eigenvalue weighted by molar-refractivity contribution is 0.418. The molecule has 0 fully saturated rings. The Hall–Kier alpha value is -3.87. The van der Waals surface area contributed by atoms with Crippen molar-refractivity contribution in [2.45, 2.75) is 9.79 Å². The lowest BCUT2D eigenvalue weighted by Crippen LogP contribution is -2.02. The molecule has 0 aromatic heterocycles. The van der Waals surface area contributed by atoms with Crippen LogP contribution in [0.2, 0.25) is 0 Å². The summed E-state index contributed by atoms with van der Waals surface area (Å²) in [5, 5.41) is 20.4. The average Bonchev–Trinajstić information content (AvgIpc) is 2.78. The van der Waals surface area contributed by atoms with Crippen LogP contribution in [0.3, 0.4) is 0 Å². The third kappa shape index (κ3) is 3.57. The highest BCUT2D eigenvalue weighted by atomic mass is 32.2. The zero-order chi connectivity index (χ0) is 21.1. The number of rotatable bonds is 4. The maximum atomic E-state index is 15.2. The number of hydrogen-bond acceptors (Lipinski definition) is 4. The Balaban J connectivity index is 1.88. The van der Waals surface area contributed by atoms with Crippen LogP contribution in [-0.2, 0) is 0 Å². The molecule has 4 aromatic rings. The standard InChI is InChI=1S/C24H12F2N2OS/c25-21-19(13-27)20(14-28)22(26)24(30-18-8-2-1-3-9-18)23(21)29-17-11-10-15-6-4-5-7-16(15)12-17/h1-12H. The molecule has 0 bridgehead atoms. The summed E-state index contributed by atoms with van der Waals surface area (Å²) < 4.78 is 36.1. The minimum absolute atomic E-state index is 0.192. The van der Waals surface area contributed by atoms with Gasteiger partial charge in [0, 0.05) is 4.90 Å². The van der Waals surface area contributed by atoms with Crippen LogP contribution in [0.15, 0.2) is 82.6 Å². The molecule has 0 saturated carbocycles. The van der Waals surface area contributed by atoms with E-state index >= 15 is 8.78 Å². The fraction of sp³-hybridized carbons (Fsp3) is 0. The summed E-state index contributed by atoms with van der Waals surface area (Å²) in [6, 6.07) is 24.6. The third-order valence-corrected chi connectivity index (χ3v) is 5.50. The molecular formula is C24H12F2N2OS. The molecule has 0 radical (unpaired) electrons. The Morgan fingerprint density at radius 3 is 2.07 bits per heavy atom. The van der Waals surface area contributed by atoms with Gasteiger partial charge in [-0.1, -0.05) is 60.3 Å². The average molecular weight is 414 g/mol. The Labute approximate surface area is 175 Å². The van der Waals surface area contributed by atoms with Gasteiger partial charge in [-0.15, -0.1) is 0 Å². The van der Waals surface area contributed by atoms with Crippen LogP contribution in [0.25, 0.3) is 10.8 Å².